The van der Waals surface area contributed by atoms with Crippen LogP contribution in [0.3, 0.4) is 0 Å². The first-order valence-electron chi connectivity index (χ1n) is 6.71. The molecule has 0 N–H and O–H groups in total. The van der Waals surface area contributed by atoms with Crippen molar-refractivity contribution >= 4 is 17.8 Å². The quantitative estimate of drug-likeness (QED) is 0.566. The Morgan fingerprint density at radius 3 is 2.32 bits per heavy atom. The van der Waals surface area contributed by atoms with E-state index >= 15 is 0 Å². The van der Waals surface area contributed by atoms with Crippen LogP contribution in [0, 0.1) is 5.41 Å². The normalized spacial score (nSPS) is 22.5. The van der Waals surface area contributed by atoms with Gasteiger partial charge in [-0.1, -0.05) is 32.3 Å². The Kier molecular flexibility index (Phi) is 3.73. The third kappa shape index (κ3) is 2.55. The van der Waals surface area contributed by atoms with Crippen LogP contribution in [0.15, 0.2) is 12.2 Å². The molecule has 2 fully saturated rings. The molecule has 0 atom stereocenters. The maximum atomic E-state index is 12.4. The number of rotatable bonds is 2. The first kappa shape index (κ1) is 13.8. The molecule has 19 heavy (non-hydrogen) atoms. The third-order valence-electron chi connectivity index (χ3n) is 3.94. The SMILES string of the molecule is C=C(C)C(=O)ON1C(=O)CC2(CCCCCC2)C1=O. The van der Waals surface area contributed by atoms with Crippen molar-refractivity contribution in [3.63, 3.8) is 0 Å². The van der Waals surface area contributed by atoms with Crippen LogP contribution in [0.25, 0.3) is 0 Å². The summed E-state index contributed by atoms with van der Waals surface area (Å²) < 4.78 is 0. The molecule has 2 amide bonds. The van der Waals surface area contributed by atoms with Crippen molar-refractivity contribution in [2.24, 2.45) is 5.41 Å². The fourth-order valence-electron chi connectivity index (χ4n) is 2.81. The maximum absolute atomic E-state index is 12.4. The van der Waals surface area contributed by atoms with Crippen LogP contribution in [0.2, 0.25) is 0 Å². The van der Waals surface area contributed by atoms with Crippen molar-refractivity contribution in [1.29, 1.82) is 0 Å². The van der Waals surface area contributed by atoms with Gasteiger partial charge in [0.25, 0.3) is 11.8 Å². The molecule has 1 saturated heterocycles. The first-order chi connectivity index (χ1) is 8.96. The average Bonchev–Trinajstić information content (AvgIpc) is 2.56. The average molecular weight is 265 g/mol. The highest BCUT2D eigenvalue weighted by Crippen LogP contribution is 2.44. The lowest BCUT2D eigenvalue weighted by Gasteiger charge is -2.23. The highest BCUT2D eigenvalue weighted by Gasteiger charge is 2.53. The van der Waals surface area contributed by atoms with E-state index in [9.17, 15) is 14.4 Å². The van der Waals surface area contributed by atoms with Gasteiger partial charge in [-0.25, -0.2) is 4.79 Å². The lowest BCUT2D eigenvalue weighted by Crippen LogP contribution is -2.37. The van der Waals surface area contributed by atoms with Gasteiger partial charge in [-0.15, -0.1) is 5.06 Å². The molecule has 0 aromatic rings. The fourth-order valence-corrected chi connectivity index (χ4v) is 2.81. The van der Waals surface area contributed by atoms with Gasteiger partial charge < -0.3 is 4.84 Å². The Labute approximate surface area is 112 Å². The van der Waals surface area contributed by atoms with Crippen LogP contribution in [-0.4, -0.2) is 22.8 Å². The molecule has 5 heteroatoms. The molecule has 0 unspecified atom stereocenters. The number of imide groups is 1. The minimum atomic E-state index is -0.729. The van der Waals surface area contributed by atoms with Gasteiger partial charge in [0.1, 0.15) is 0 Å². The van der Waals surface area contributed by atoms with Crippen molar-refractivity contribution in [3.8, 4) is 0 Å². The first-order valence-corrected chi connectivity index (χ1v) is 6.71. The molecule has 1 aliphatic heterocycles. The molecular weight excluding hydrogens is 246 g/mol. The van der Waals surface area contributed by atoms with Crippen LogP contribution in [0.4, 0.5) is 0 Å². The Morgan fingerprint density at radius 1 is 1.21 bits per heavy atom. The molecule has 5 nitrogen and oxygen atoms in total. The van der Waals surface area contributed by atoms with Crippen molar-refractivity contribution in [2.45, 2.75) is 51.9 Å². The molecule has 0 aromatic heterocycles. The summed E-state index contributed by atoms with van der Waals surface area (Å²) in [6, 6.07) is 0. The second-order valence-corrected chi connectivity index (χ2v) is 5.52. The zero-order valence-electron chi connectivity index (χ0n) is 11.2. The summed E-state index contributed by atoms with van der Waals surface area (Å²) in [5.74, 6) is -1.50. The van der Waals surface area contributed by atoms with Crippen LogP contribution in [0.1, 0.15) is 51.9 Å². The summed E-state index contributed by atoms with van der Waals surface area (Å²) in [4.78, 5) is 40.7. The van der Waals surface area contributed by atoms with E-state index in [0.29, 0.717) is 17.9 Å². The van der Waals surface area contributed by atoms with E-state index in [-0.39, 0.29) is 17.9 Å². The van der Waals surface area contributed by atoms with E-state index in [1.807, 2.05) is 0 Å². The fraction of sp³-hybridized carbons (Fsp3) is 0.643. The summed E-state index contributed by atoms with van der Waals surface area (Å²) in [5, 5.41) is 0.655. The maximum Gasteiger partial charge on any atom is 0.359 e. The zero-order valence-corrected chi connectivity index (χ0v) is 11.2. The van der Waals surface area contributed by atoms with E-state index in [2.05, 4.69) is 6.58 Å². The summed E-state index contributed by atoms with van der Waals surface area (Å²) in [7, 11) is 0. The number of hydroxylamine groups is 2. The Bertz CT molecular complexity index is 433. The van der Waals surface area contributed by atoms with Crippen LogP contribution >= 0.6 is 0 Å². The molecule has 1 aliphatic carbocycles. The molecule has 1 spiro atoms. The van der Waals surface area contributed by atoms with Gasteiger partial charge in [0, 0.05) is 12.0 Å². The topological polar surface area (TPSA) is 63.7 Å². The van der Waals surface area contributed by atoms with Crippen molar-refractivity contribution in [3.05, 3.63) is 12.2 Å². The second-order valence-electron chi connectivity index (χ2n) is 5.52. The van der Waals surface area contributed by atoms with Gasteiger partial charge in [0.15, 0.2) is 0 Å². The van der Waals surface area contributed by atoms with E-state index in [1.165, 1.54) is 6.92 Å². The smallest absolute Gasteiger partial charge is 0.325 e. The molecule has 0 radical (unpaired) electrons. The van der Waals surface area contributed by atoms with Crippen molar-refractivity contribution in [1.82, 2.24) is 5.06 Å². The lowest BCUT2D eigenvalue weighted by atomic mass is 9.79. The number of hydrogen-bond donors (Lipinski definition) is 0. The predicted octanol–water partition coefficient (Wildman–Crippen LogP) is 2.12. The molecule has 1 saturated carbocycles. The summed E-state index contributed by atoms with van der Waals surface area (Å²) in [6.07, 6.45) is 5.65. The summed E-state index contributed by atoms with van der Waals surface area (Å²) in [6.45, 7) is 4.92. The van der Waals surface area contributed by atoms with E-state index in [4.69, 9.17) is 4.84 Å². The lowest BCUT2D eigenvalue weighted by molar-refractivity contribution is -0.196. The number of amides is 2. The highest BCUT2D eigenvalue weighted by molar-refractivity contribution is 6.06. The zero-order chi connectivity index (χ0) is 14.0. The Balaban J connectivity index is 2.15. The molecule has 2 rings (SSSR count). The Morgan fingerprint density at radius 2 is 1.79 bits per heavy atom. The highest BCUT2D eigenvalue weighted by atomic mass is 16.7. The molecule has 2 aliphatic rings. The van der Waals surface area contributed by atoms with Gasteiger partial charge >= 0.3 is 5.97 Å². The minimum Gasteiger partial charge on any atom is -0.325 e. The van der Waals surface area contributed by atoms with Crippen molar-refractivity contribution < 1.29 is 19.2 Å². The van der Waals surface area contributed by atoms with Crippen LogP contribution in [0.5, 0.6) is 0 Å². The van der Waals surface area contributed by atoms with E-state index in [0.717, 1.165) is 25.7 Å². The number of hydrogen-bond acceptors (Lipinski definition) is 4. The van der Waals surface area contributed by atoms with Gasteiger partial charge in [0.05, 0.1) is 5.41 Å². The molecule has 104 valence electrons. The number of nitrogens with zero attached hydrogens (tertiary/aromatic N) is 1. The van der Waals surface area contributed by atoms with Gasteiger partial charge in [-0.3, -0.25) is 9.59 Å². The third-order valence-corrected chi connectivity index (χ3v) is 3.94. The van der Waals surface area contributed by atoms with Gasteiger partial charge in [-0.2, -0.15) is 0 Å². The summed E-state index contributed by atoms with van der Waals surface area (Å²) >= 11 is 0. The number of carbonyl (C=O) groups excluding carboxylic acids is 3. The standard InChI is InChI=1S/C14H19NO4/c1-10(2)12(17)19-15-11(16)9-14(13(15)18)7-5-3-4-6-8-14/h1,3-9H2,2H3. The number of carbonyl (C=O) groups is 3. The van der Waals surface area contributed by atoms with Crippen LogP contribution in [-0.2, 0) is 19.2 Å². The van der Waals surface area contributed by atoms with Crippen molar-refractivity contribution in [2.75, 3.05) is 0 Å². The monoisotopic (exact) mass is 265 g/mol. The van der Waals surface area contributed by atoms with Gasteiger partial charge in [0.2, 0.25) is 0 Å². The molecule has 1 heterocycles. The van der Waals surface area contributed by atoms with E-state index < -0.39 is 17.3 Å². The molecule has 0 bridgehead atoms. The summed E-state index contributed by atoms with van der Waals surface area (Å²) in [5.41, 5.74) is -0.467. The molecule has 0 aromatic carbocycles. The van der Waals surface area contributed by atoms with E-state index in [1.54, 1.807) is 0 Å². The largest absolute Gasteiger partial charge is 0.359 e. The molecular formula is C14H19NO4. The predicted molar refractivity (Wildman–Crippen MR) is 67.5 cm³/mol. The minimum absolute atomic E-state index is 0.162. The second kappa shape index (κ2) is 5.15. The van der Waals surface area contributed by atoms with Gasteiger partial charge in [-0.05, 0) is 19.8 Å². The Hall–Kier alpha value is -1.65. The van der Waals surface area contributed by atoms with Crippen LogP contribution < -0.4 is 0 Å².